The molecule has 1 atom stereocenters. The van der Waals surface area contributed by atoms with Crippen molar-refractivity contribution >= 4 is 11.6 Å². The predicted octanol–water partition coefficient (Wildman–Crippen LogP) is 1.20. The van der Waals surface area contributed by atoms with E-state index in [-0.39, 0.29) is 0 Å². The Balaban J connectivity index is 2.14. The highest BCUT2D eigenvalue weighted by Crippen LogP contribution is 2.22. The zero-order valence-electron chi connectivity index (χ0n) is 12.9. The fourth-order valence-corrected chi connectivity index (χ4v) is 2.40. The molecule has 1 aromatic rings. The first-order valence-corrected chi connectivity index (χ1v) is 7.18. The number of ether oxygens (including phenoxy) is 1. The van der Waals surface area contributed by atoms with Crippen LogP contribution in [-0.4, -0.2) is 61.7 Å². The zero-order valence-corrected chi connectivity index (χ0v) is 12.9. The van der Waals surface area contributed by atoms with E-state index >= 15 is 0 Å². The molecule has 1 fully saturated rings. The molecule has 6 heteroatoms. The molecule has 1 aliphatic heterocycles. The molecule has 0 saturated carbocycles. The van der Waals surface area contributed by atoms with Crippen LogP contribution in [0.5, 0.6) is 0 Å². The van der Waals surface area contributed by atoms with Gasteiger partial charge in [0.1, 0.15) is 18.2 Å². The predicted molar refractivity (Wildman–Crippen MR) is 81.2 cm³/mol. The van der Waals surface area contributed by atoms with Gasteiger partial charge in [-0.3, -0.25) is 0 Å². The summed E-state index contributed by atoms with van der Waals surface area (Å²) < 4.78 is 5.42. The highest BCUT2D eigenvalue weighted by molar-refractivity contribution is 5.50. The molecule has 6 nitrogen and oxygen atoms in total. The number of aromatic nitrogens is 2. The van der Waals surface area contributed by atoms with E-state index in [0.29, 0.717) is 19.3 Å². The summed E-state index contributed by atoms with van der Waals surface area (Å²) in [6.45, 7) is 5.17. The van der Waals surface area contributed by atoms with Crippen LogP contribution >= 0.6 is 0 Å². The molecule has 0 spiro atoms. The van der Waals surface area contributed by atoms with Gasteiger partial charge in [-0.2, -0.15) is 0 Å². The minimum Gasteiger partial charge on any atom is -0.374 e. The Morgan fingerprint density at radius 2 is 2.25 bits per heavy atom. The maximum Gasteiger partial charge on any atom is 0.158 e. The molecule has 0 bridgehead atoms. The van der Waals surface area contributed by atoms with Gasteiger partial charge < -0.3 is 19.9 Å². The van der Waals surface area contributed by atoms with Crippen molar-refractivity contribution in [3.63, 3.8) is 0 Å². The van der Waals surface area contributed by atoms with E-state index in [9.17, 15) is 0 Å². The van der Waals surface area contributed by atoms with Crippen LogP contribution in [0.4, 0.5) is 11.6 Å². The van der Waals surface area contributed by atoms with E-state index in [4.69, 9.17) is 4.74 Å². The fourth-order valence-electron chi connectivity index (χ4n) is 2.40. The average molecular weight is 279 g/mol. The normalized spacial score (nSPS) is 18.9. The van der Waals surface area contributed by atoms with Crippen molar-refractivity contribution < 1.29 is 4.74 Å². The third-order valence-electron chi connectivity index (χ3n) is 3.67. The van der Waals surface area contributed by atoms with E-state index in [1.807, 2.05) is 20.0 Å². The Bertz CT molecular complexity index is 438. The standard InChI is InChI=1S/C14H25N5O/c1-5-20-10-13-16-12(15-2)8-14(17-13)19-7-6-11(9-19)18(3)4/h8,11H,5-7,9-10H2,1-4H3,(H,15,16,17). The number of anilines is 2. The summed E-state index contributed by atoms with van der Waals surface area (Å²) in [6.07, 6.45) is 1.17. The lowest BCUT2D eigenvalue weighted by Gasteiger charge is -2.21. The number of hydrogen-bond acceptors (Lipinski definition) is 6. The number of nitrogens with zero attached hydrogens (tertiary/aromatic N) is 4. The lowest BCUT2D eigenvalue weighted by atomic mass is 10.2. The Morgan fingerprint density at radius 1 is 1.45 bits per heavy atom. The molecule has 0 amide bonds. The van der Waals surface area contributed by atoms with Gasteiger partial charge >= 0.3 is 0 Å². The molecule has 1 aromatic heterocycles. The van der Waals surface area contributed by atoms with Crippen LogP contribution < -0.4 is 10.2 Å². The van der Waals surface area contributed by atoms with Gasteiger partial charge in [0.05, 0.1) is 0 Å². The number of likely N-dealkylation sites (N-methyl/N-ethyl adjacent to an activating group) is 1. The van der Waals surface area contributed by atoms with Crippen LogP contribution in [0.1, 0.15) is 19.2 Å². The third kappa shape index (κ3) is 3.58. The molecular formula is C14H25N5O. The molecule has 112 valence electrons. The second-order valence-electron chi connectivity index (χ2n) is 5.27. The first-order chi connectivity index (χ1) is 9.63. The van der Waals surface area contributed by atoms with Gasteiger partial charge in [0.25, 0.3) is 0 Å². The third-order valence-corrected chi connectivity index (χ3v) is 3.67. The monoisotopic (exact) mass is 279 g/mol. The topological polar surface area (TPSA) is 53.5 Å². The van der Waals surface area contributed by atoms with Crippen molar-refractivity contribution in [3.8, 4) is 0 Å². The van der Waals surface area contributed by atoms with Crippen molar-refractivity contribution in [2.24, 2.45) is 0 Å². The Hall–Kier alpha value is -1.40. The van der Waals surface area contributed by atoms with Gasteiger partial charge in [-0.1, -0.05) is 0 Å². The minimum atomic E-state index is 0.462. The van der Waals surface area contributed by atoms with Gasteiger partial charge in [-0.15, -0.1) is 0 Å². The molecule has 0 aliphatic carbocycles. The summed E-state index contributed by atoms with van der Waals surface area (Å²) in [7, 11) is 6.14. The number of hydrogen-bond donors (Lipinski definition) is 1. The molecule has 1 saturated heterocycles. The van der Waals surface area contributed by atoms with Gasteiger partial charge in [0, 0.05) is 38.9 Å². The molecule has 2 rings (SSSR count). The highest BCUT2D eigenvalue weighted by atomic mass is 16.5. The maximum absolute atomic E-state index is 5.42. The summed E-state index contributed by atoms with van der Waals surface area (Å²) in [5.74, 6) is 2.57. The quantitative estimate of drug-likeness (QED) is 0.844. The lowest BCUT2D eigenvalue weighted by Crippen LogP contribution is -2.31. The largest absolute Gasteiger partial charge is 0.374 e. The molecule has 0 aromatic carbocycles. The first-order valence-electron chi connectivity index (χ1n) is 7.18. The van der Waals surface area contributed by atoms with Crippen molar-refractivity contribution in [3.05, 3.63) is 11.9 Å². The highest BCUT2D eigenvalue weighted by Gasteiger charge is 2.25. The fraction of sp³-hybridized carbons (Fsp3) is 0.714. The van der Waals surface area contributed by atoms with Crippen molar-refractivity contribution in [2.45, 2.75) is 26.0 Å². The van der Waals surface area contributed by atoms with E-state index in [1.54, 1.807) is 0 Å². The van der Waals surface area contributed by atoms with Crippen molar-refractivity contribution in [2.75, 3.05) is 51.1 Å². The molecule has 1 N–H and O–H groups in total. The second-order valence-corrected chi connectivity index (χ2v) is 5.27. The Kier molecular flexibility index (Phi) is 5.14. The zero-order chi connectivity index (χ0) is 14.5. The smallest absolute Gasteiger partial charge is 0.158 e. The van der Waals surface area contributed by atoms with Crippen LogP contribution in [-0.2, 0) is 11.3 Å². The number of nitrogens with one attached hydrogen (secondary N) is 1. The van der Waals surface area contributed by atoms with Gasteiger partial charge in [0.15, 0.2) is 5.82 Å². The Labute approximate surface area is 121 Å². The lowest BCUT2D eigenvalue weighted by molar-refractivity contribution is 0.128. The van der Waals surface area contributed by atoms with Crippen LogP contribution in [0.3, 0.4) is 0 Å². The van der Waals surface area contributed by atoms with Gasteiger partial charge in [-0.05, 0) is 27.4 Å². The summed E-state index contributed by atoms with van der Waals surface area (Å²) in [6, 6.07) is 2.60. The van der Waals surface area contributed by atoms with E-state index < -0.39 is 0 Å². The van der Waals surface area contributed by atoms with Crippen LogP contribution in [0.2, 0.25) is 0 Å². The first kappa shape index (κ1) is 15.0. The molecule has 2 heterocycles. The minimum absolute atomic E-state index is 0.462. The summed E-state index contributed by atoms with van der Waals surface area (Å²) >= 11 is 0. The van der Waals surface area contributed by atoms with Crippen LogP contribution in [0.15, 0.2) is 6.07 Å². The molecule has 0 radical (unpaired) electrons. The number of rotatable bonds is 6. The summed E-state index contributed by atoms with van der Waals surface area (Å²) in [5.41, 5.74) is 0. The molecular weight excluding hydrogens is 254 g/mol. The van der Waals surface area contributed by atoms with Crippen molar-refractivity contribution in [1.29, 1.82) is 0 Å². The molecule has 1 unspecified atom stereocenters. The molecule has 20 heavy (non-hydrogen) atoms. The van der Waals surface area contributed by atoms with Crippen LogP contribution in [0, 0.1) is 0 Å². The van der Waals surface area contributed by atoms with Gasteiger partial charge in [0.2, 0.25) is 0 Å². The molecule has 1 aliphatic rings. The van der Waals surface area contributed by atoms with E-state index in [1.165, 1.54) is 6.42 Å². The SMILES string of the molecule is CCOCc1nc(NC)cc(N2CCC(N(C)C)C2)n1. The second kappa shape index (κ2) is 6.85. The van der Waals surface area contributed by atoms with Gasteiger partial charge in [-0.25, -0.2) is 9.97 Å². The van der Waals surface area contributed by atoms with Crippen LogP contribution in [0.25, 0.3) is 0 Å². The van der Waals surface area contributed by atoms with E-state index in [0.717, 1.165) is 30.5 Å². The van der Waals surface area contributed by atoms with E-state index in [2.05, 4.69) is 39.2 Å². The maximum atomic E-state index is 5.42. The Morgan fingerprint density at radius 3 is 2.85 bits per heavy atom. The average Bonchev–Trinajstić information content (AvgIpc) is 2.94. The summed E-state index contributed by atoms with van der Waals surface area (Å²) in [4.78, 5) is 13.7. The van der Waals surface area contributed by atoms with Crippen molar-refractivity contribution in [1.82, 2.24) is 14.9 Å². The summed E-state index contributed by atoms with van der Waals surface area (Å²) in [5, 5.41) is 3.10.